The molecule has 0 aliphatic carbocycles. The second kappa shape index (κ2) is 6.97. The Morgan fingerprint density at radius 1 is 1.41 bits per heavy atom. The van der Waals surface area contributed by atoms with E-state index in [4.69, 9.17) is 9.26 Å². The number of nitrogens with zero attached hydrogens (tertiary/aromatic N) is 3. The molecule has 0 aliphatic heterocycles. The summed E-state index contributed by atoms with van der Waals surface area (Å²) in [5.74, 6) is -0.187. The molecule has 0 saturated carbocycles. The largest absolute Gasteiger partial charge is 0.461 e. The molecule has 9 nitrogen and oxygen atoms in total. The number of hydrogen-bond acceptors (Lipinski definition) is 6. The van der Waals surface area contributed by atoms with E-state index in [0.29, 0.717) is 11.3 Å². The van der Waals surface area contributed by atoms with E-state index in [9.17, 15) is 14.3 Å². The van der Waals surface area contributed by atoms with Crippen LogP contribution in [0.2, 0.25) is 0 Å². The van der Waals surface area contributed by atoms with Crippen molar-refractivity contribution in [2.24, 2.45) is 0 Å². The van der Waals surface area contributed by atoms with Crippen molar-refractivity contribution in [1.82, 2.24) is 19.5 Å². The van der Waals surface area contributed by atoms with Crippen LogP contribution in [0.4, 0.5) is 0 Å². The first-order valence-corrected chi connectivity index (χ1v) is 8.26. The summed E-state index contributed by atoms with van der Waals surface area (Å²) in [7, 11) is -3.81. The number of hydrogen-bond donors (Lipinski definition) is 2. The Hall–Kier alpha value is -1.80. The molecule has 2 N–H and O–H groups in total. The van der Waals surface area contributed by atoms with Crippen LogP contribution in [-0.2, 0) is 20.4 Å². The molecule has 1 atom stereocenters. The molecule has 0 radical (unpaired) electrons. The van der Waals surface area contributed by atoms with Crippen LogP contribution in [0.15, 0.2) is 18.6 Å². The summed E-state index contributed by atoms with van der Waals surface area (Å²) in [5.41, 5.74) is 0.788. The lowest BCUT2D eigenvalue weighted by Crippen LogP contribution is -2.12. The van der Waals surface area contributed by atoms with Gasteiger partial charge in [-0.15, -0.1) is 0 Å². The van der Waals surface area contributed by atoms with Crippen molar-refractivity contribution >= 4 is 19.5 Å². The number of ether oxygens (including phenoxy) is 1. The zero-order valence-corrected chi connectivity index (χ0v) is 13.1. The monoisotopic (exact) mass is 328 g/mol. The first kappa shape index (κ1) is 16.6. The lowest BCUT2D eigenvalue weighted by Gasteiger charge is -2.11. The summed E-state index contributed by atoms with van der Waals surface area (Å²) in [4.78, 5) is 29.2. The highest BCUT2D eigenvalue weighted by molar-refractivity contribution is 7.50. The molecule has 10 heteroatoms. The molecule has 120 valence electrons. The van der Waals surface area contributed by atoms with Crippen molar-refractivity contribution in [1.29, 1.82) is 0 Å². The molecule has 1 unspecified atom stereocenters. The van der Waals surface area contributed by atoms with E-state index in [1.807, 2.05) is 0 Å². The van der Waals surface area contributed by atoms with E-state index in [0.717, 1.165) is 0 Å². The Balaban J connectivity index is 2.13. The summed E-state index contributed by atoms with van der Waals surface area (Å²) >= 11 is 0. The first-order valence-electron chi connectivity index (χ1n) is 6.68. The molecule has 2 aromatic rings. The van der Waals surface area contributed by atoms with Crippen molar-refractivity contribution in [3.8, 4) is 0 Å². The quantitative estimate of drug-likeness (QED) is 0.574. The van der Waals surface area contributed by atoms with Gasteiger partial charge >= 0.3 is 13.7 Å². The highest BCUT2D eigenvalue weighted by Gasteiger charge is 2.18. The molecule has 2 aromatic heterocycles. The second-order valence-electron chi connectivity index (χ2n) is 4.29. The van der Waals surface area contributed by atoms with Gasteiger partial charge in [0.1, 0.15) is 0 Å². The third kappa shape index (κ3) is 4.11. The molecule has 0 fully saturated rings. The fourth-order valence-electron chi connectivity index (χ4n) is 1.73. The molecule has 0 saturated heterocycles. The van der Waals surface area contributed by atoms with E-state index in [-0.39, 0.29) is 25.5 Å². The minimum atomic E-state index is -3.81. The summed E-state index contributed by atoms with van der Waals surface area (Å²) in [6.45, 7) is 3.81. The summed E-state index contributed by atoms with van der Waals surface area (Å²) in [6.07, 6.45) is 4.64. The third-order valence-corrected chi connectivity index (χ3v) is 3.80. The van der Waals surface area contributed by atoms with E-state index in [2.05, 4.69) is 15.1 Å². The average Bonchev–Trinajstić information content (AvgIpc) is 2.88. The van der Waals surface area contributed by atoms with Gasteiger partial charge in [-0.3, -0.25) is 8.92 Å². The number of nitrogens with one attached hydrogen (secondary N) is 1. The number of imidazole rings is 1. The SMILES string of the molecule is CCOC(=O)c1cn2cc(CNP(=O)(O)OCC)cnc2n1. The van der Waals surface area contributed by atoms with Gasteiger partial charge in [0.05, 0.1) is 13.2 Å². The first-order chi connectivity index (χ1) is 10.4. The van der Waals surface area contributed by atoms with Crippen LogP contribution in [0.5, 0.6) is 0 Å². The Morgan fingerprint density at radius 2 is 2.18 bits per heavy atom. The van der Waals surface area contributed by atoms with E-state index in [1.165, 1.54) is 12.4 Å². The number of carbonyl (C=O) groups excluding carboxylic acids is 1. The zero-order valence-electron chi connectivity index (χ0n) is 12.2. The fourth-order valence-corrected chi connectivity index (χ4v) is 2.56. The van der Waals surface area contributed by atoms with Gasteiger partial charge in [0.15, 0.2) is 5.69 Å². The highest BCUT2D eigenvalue weighted by Crippen LogP contribution is 2.36. The Labute approximate surface area is 126 Å². The second-order valence-corrected chi connectivity index (χ2v) is 5.90. The van der Waals surface area contributed by atoms with E-state index in [1.54, 1.807) is 24.4 Å². The van der Waals surface area contributed by atoms with Crippen LogP contribution in [0.3, 0.4) is 0 Å². The van der Waals surface area contributed by atoms with Crippen molar-refractivity contribution in [2.75, 3.05) is 13.2 Å². The average molecular weight is 328 g/mol. The molecule has 22 heavy (non-hydrogen) atoms. The predicted molar refractivity (Wildman–Crippen MR) is 77.2 cm³/mol. The van der Waals surface area contributed by atoms with Gasteiger partial charge < -0.3 is 9.63 Å². The summed E-state index contributed by atoms with van der Waals surface area (Å²) in [5, 5.41) is 2.41. The highest BCUT2D eigenvalue weighted by atomic mass is 31.2. The minimum Gasteiger partial charge on any atom is -0.461 e. The lowest BCUT2D eigenvalue weighted by molar-refractivity contribution is 0.0520. The zero-order chi connectivity index (χ0) is 16.2. The van der Waals surface area contributed by atoms with Crippen LogP contribution in [0, 0.1) is 0 Å². The van der Waals surface area contributed by atoms with Gasteiger partial charge in [-0.2, -0.15) is 0 Å². The van der Waals surface area contributed by atoms with Crippen LogP contribution >= 0.6 is 7.75 Å². The van der Waals surface area contributed by atoms with Crippen LogP contribution in [-0.4, -0.2) is 38.4 Å². The van der Waals surface area contributed by atoms with E-state index < -0.39 is 13.7 Å². The normalized spacial score (nSPS) is 14.0. The van der Waals surface area contributed by atoms with E-state index >= 15 is 0 Å². The number of rotatable bonds is 7. The van der Waals surface area contributed by atoms with Gasteiger partial charge in [0.2, 0.25) is 5.78 Å². The maximum absolute atomic E-state index is 11.6. The summed E-state index contributed by atoms with van der Waals surface area (Å²) in [6, 6.07) is 0. The third-order valence-electron chi connectivity index (χ3n) is 2.64. The molecule has 0 bridgehead atoms. The topological polar surface area (TPSA) is 115 Å². The number of aromatic nitrogens is 3. The maximum atomic E-state index is 11.6. The fraction of sp³-hybridized carbons (Fsp3) is 0.417. The summed E-state index contributed by atoms with van der Waals surface area (Å²) < 4.78 is 22.7. The van der Waals surface area contributed by atoms with Crippen molar-refractivity contribution < 1.29 is 23.5 Å². The number of carbonyl (C=O) groups is 1. The van der Waals surface area contributed by atoms with Gasteiger partial charge in [-0.25, -0.2) is 24.4 Å². The van der Waals surface area contributed by atoms with Crippen LogP contribution in [0.1, 0.15) is 29.9 Å². The Bertz CT molecular complexity index is 717. The standard InChI is InChI=1S/C12H17N4O5P/c1-3-20-11(17)10-8-16-7-9(5-13-12(16)15-10)6-14-22(18,19)21-4-2/h5,7-8H,3-4,6H2,1-2H3,(H2,14,18,19). The van der Waals surface area contributed by atoms with Gasteiger partial charge in [-0.1, -0.05) is 0 Å². The number of esters is 1. The van der Waals surface area contributed by atoms with Gasteiger partial charge in [0.25, 0.3) is 0 Å². The predicted octanol–water partition coefficient (Wildman–Crippen LogP) is 1.13. The van der Waals surface area contributed by atoms with Crippen molar-refractivity contribution in [3.63, 3.8) is 0 Å². The molecule has 0 amide bonds. The molecule has 0 spiro atoms. The van der Waals surface area contributed by atoms with Crippen LogP contribution in [0.25, 0.3) is 5.78 Å². The molecule has 2 rings (SSSR count). The Kier molecular flexibility index (Phi) is 5.25. The minimum absolute atomic E-state index is 0.0869. The molecular formula is C12H17N4O5P. The molecule has 0 aliphatic rings. The lowest BCUT2D eigenvalue weighted by atomic mass is 10.3. The molecular weight excluding hydrogens is 311 g/mol. The van der Waals surface area contributed by atoms with Crippen molar-refractivity contribution in [2.45, 2.75) is 20.4 Å². The van der Waals surface area contributed by atoms with Gasteiger partial charge in [-0.05, 0) is 13.8 Å². The number of fused-ring (bicyclic) bond motifs is 1. The van der Waals surface area contributed by atoms with Crippen LogP contribution < -0.4 is 5.09 Å². The maximum Gasteiger partial charge on any atom is 0.403 e. The molecule has 2 heterocycles. The van der Waals surface area contributed by atoms with Crippen molar-refractivity contribution in [3.05, 3.63) is 29.8 Å². The molecule has 0 aromatic carbocycles. The Morgan fingerprint density at radius 3 is 2.86 bits per heavy atom. The van der Waals surface area contributed by atoms with Gasteiger partial charge in [0, 0.05) is 30.7 Å². The smallest absolute Gasteiger partial charge is 0.403 e.